The van der Waals surface area contributed by atoms with Crippen molar-refractivity contribution in [2.75, 3.05) is 5.33 Å². The number of halogens is 4. The highest BCUT2D eigenvalue weighted by atomic mass is 79.9. The molecule has 0 aromatic heterocycles. The van der Waals surface area contributed by atoms with Crippen molar-refractivity contribution in [3.63, 3.8) is 0 Å². The third kappa shape index (κ3) is 2.26. The van der Waals surface area contributed by atoms with Crippen molar-refractivity contribution in [1.82, 2.24) is 0 Å². The van der Waals surface area contributed by atoms with Crippen LogP contribution in [0.2, 0.25) is 5.02 Å². The summed E-state index contributed by atoms with van der Waals surface area (Å²) < 4.78 is 31.9. The zero-order valence-corrected chi connectivity index (χ0v) is 12.6. The zero-order chi connectivity index (χ0) is 14.3. The Morgan fingerprint density at radius 1 is 1.10 bits per heavy atom. The molecule has 0 bridgehead atoms. The van der Waals surface area contributed by atoms with Crippen molar-refractivity contribution in [3.05, 3.63) is 70.2 Å². The van der Waals surface area contributed by atoms with Gasteiger partial charge >= 0.3 is 0 Å². The van der Waals surface area contributed by atoms with Gasteiger partial charge in [-0.2, -0.15) is 0 Å². The zero-order valence-electron chi connectivity index (χ0n) is 10.2. The molecule has 1 fully saturated rings. The molecule has 5 heteroatoms. The van der Waals surface area contributed by atoms with Gasteiger partial charge in [-0.15, -0.1) is 0 Å². The molecule has 0 saturated carbocycles. The van der Waals surface area contributed by atoms with Gasteiger partial charge < -0.3 is 4.74 Å². The number of alkyl halides is 1. The van der Waals surface area contributed by atoms with Gasteiger partial charge in [0.25, 0.3) is 0 Å². The molecule has 2 atom stereocenters. The summed E-state index contributed by atoms with van der Waals surface area (Å²) in [5.74, 6) is -0.680. The number of rotatable bonds is 3. The van der Waals surface area contributed by atoms with Crippen molar-refractivity contribution in [2.24, 2.45) is 0 Å². The number of ether oxygens (including phenoxy) is 1. The van der Waals surface area contributed by atoms with E-state index < -0.39 is 5.60 Å². The quantitative estimate of drug-likeness (QED) is 0.556. The average Bonchev–Trinajstić information content (AvgIpc) is 3.15. The van der Waals surface area contributed by atoms with E-state index >= 15 is 0 Å². The van der Waals surface area contributed by atoms with Crippen molar-refractivity contribution in [1.29, 1.82) is 0 Å². The Hall–Kier alpha value is -0.970. The standard InChI is InChI=1S/C15H10BrClF2O/c16-8-15(9-1-3-10(18)4-2-9)14(20-15)12-6-5-11(19)7-13(12)17/h1-7,14H,8H2. The van der Waals surface area contributed by atoms with Gasteiger partial charge in [0.15, 0.2) is 0 Å². The maximum absolute atomic E-state index is 13.1. The fraction of sp³-hybridized carbons (Fsp3) is 0.200. The average molecular weight is 360 g/mol. The van der Waals surface area contributed by atoms with Crippen molar-refractivity contribution in [2.45, 2.75) is 11.7 Å². The molecule has 104 valence electrons. The smallest absolute Gasteiger partial charge is 0.134 e. The lowest BCUT2D eigenvalue weighted by molar-refractivity contribution is 0.318. The Kier molecular flexibility index (Phi) is 3.56. The molecule has 1 aliphatic heterocycles. The number of hydrogen-bond acceptors (Lipinski definition) is 1. The molecule has 1 saturated heterocycles. The van der Waals surface area contributed by atoms with Crippen LogP contribution < -0.4 is 0 Å². The molecule has 0 spiro atoms. The summed E-state index contributed by atoms with van der Waals surface area (Å²) in [6, 6.07) is 10.4. The monoisotopic (exact) mass is 358 g/mol. The van der Waals surface area contributed by atoms with E-state index in [4.69, 9.17) is 16.3 Å². The van der Waals surface area contributed by atoms with Crippen LogP contribution in [0, 0.1) is 11.6 Å². The summed E-state index contributed by atoms with van der Waals surface area (Å²) in [5, 5.41) is 0.879. The molecular weight excluding hydrogens is 350 g/mol. The highest BCUT2D eigenvalue weighted by Gasteiger charge is 2.58. The van der Waals surface area contributed by atoms with Crippen LogP contribution in [-0.2, 0) is 10.3 Å². The summed E-state index contributed by atoms with van der Waals surface area (Å²) >= 11 is 9.50. The van der Waals surface area contributed by atoms with E-state index in [1.54, 1.807) is 18.2 Å². The van der Waals surface area contributed by atoms with Gasteiger partial charge in [0, 0.05) is 15.9 Å². The first-order chi connectivity index (χ1) is 9.56. The van der Waals surface area contributed by atoms with Gasteiger partial charge in [0.2, 0.25) is 0 Å². The highest BCUT2D eigenvalue weighted by Crippen LogP contribution is 2.59. The summed E-state index contributed by atoms with van der Waals surface area (Å²) in [5.41, 5.74) is 1.02. The van der Waals surface area contributed by atoms with E-state index in [0.29, 0.717) is 10.4 Å². The van der Waals surface area contributed by atoms with Crippen LogP contribution in [-0.4, -0.2) is 5.33 Å². The minimum Gasteiger partial charge on any atom is -0.355 e. The second-order valence-corrected chi connectivity index (χ2v) is 5.66. The maximum atomic E-state index is 13.1. The van der Waals surface area contributed by atoms with E-state index in [2.05, 4.69) is 15.9 Å². The topological polar surface area (TPSA) is 12.5 Å². The molecule has 1 heterocycles. The molecule has 0 amide bonds. The lowest BCUT2D eigenvalue weighted by Crippen LogP contribution is -2.12. The molecule has 2 aromatic rings. The molecule has 3 rings (SSSR count). The lowest BCUT2D eigenvalue weighted by Gasteiger charge is -2.10. The van der Waals surface area contributed by atoms with E-state index in [-0.39, 0.29) is 17.7 Å². The normalized spacial score (nSPS) is 24.7. The van der Waals surface area contributed by atoms with Gasteiger partial charge in [-0.05, 0) is 29.8 Å². The first-order valence-corrected chi connectivity index (χ1v) is 7.51. The van der Waals surface area contributed by atoms with Gasteiger partial charge in [-0.1, -0.05) is 45.7 Å². The second kappa shape index (κ2) is 5.10. The third-order valence-corrected chi connectivity index (χ3v) is 4.63. The summed E-state index contributed by atoms with van der Waals surface area (Å²) in [6.45, 7) is 0. The Bertz CT molecular complexity index is 647. The number of benzene rings is 2. The largest absolute Gasteiger partial charge is 0.355 e. The van der Waals surface area contributed by atoms with E-state index in [0.717, 1.165) is 11.1 Å². The molecular formula is C15H10BrClF2O. The predicted molar refractivity (Wildman–Crippen MR) is 77.1 cm³/mol. The molecule has 0 N–H and O–H groups in total. The van der Waals surface area contributed by atoms with Crippen molar-refractivity contribution >= 4 is 27.5 Å². The van der Waals surface area contributed by atoms with Crippen LogP contribution in [0.3, 0.4) is 0 Å². The lowest BCUT2D eigenvalue weighted by atomic mass is 9.93. The molecule has 0 aliphatic carbocycles. The van der Waals surface area contributed by atoms with Crippen molar-refractivity contribution < 1.29 is 13.5 Å². The number of hydrogen-bond donors (Lipinski definition) is 0. The van der Waals surface area contributed by atoms with E-state index in [1.807, 2.05) is 0 Å². The molecule has 1 nitrogen and oxygen atoms in total. The Morgan fingerprint density at radius 3 is 2.35 bits per heavy atom. The molecule has 0 radical (unpaired) electrons. The van der Waals surface area contributed by atoms with Crippen LogP contribution in [0.25, 0.3) is 0 Å². The van der Waals surface area contributed by atoms with Crippen LogP contribution in [0.5, 0.6) is 0 Å². The summed E-state index contributed by atoms with van der Waals surface area (Å²) in [7, 11) is 0. The number of epoxide rings is 1. The van der Waals surface area contributed by atoms with Gasteiger partial charge in [0.05, 0.1) is 0 Å². The molecule has 2 unspecified atom stereocenters. The minimum absolute atomic E-state index is 0.263. The molecule has 1 aliphatic rings. The van der Waals surface area contributed by atoms with E-state index in [9.17, 15) is 8.78 Å². The first-order valence-electron chi connectivity index (χ1n) is 6.01. The third-order valence-electron chi connectivity index (χ3n) is 3.47. The fourth-order valence-corrected chi connectivity index (χ4v) is 3.35. The molecule has 20 heavy (non-hydrogen) atoms. The Balaban J connectivity index is 1.96. The van der Waals surface area contributed by atoms with Gasteiger partial charge in [0.1, 0.15) is 23.3 Å². The van der Waals surface area contributed by atoms with Crippen LogP contribution in [0.4, 0.5) is 8.78 Å². The van der Waals surface area contributed by atoms with Crippen LogP contribution in [0.1, 0.15) is 17.2 Å². The maximum Gasteiger partial charge on any atom is 0.134 e. The summed E-state index contributed by atoms with van der Waals surface area (Å²) in [4.78, 5) is 0. The minimum atomic E-state index is -0.574. The summed E-state index contributed by atoms with van der Waals surface area (Å²) in [6.07, 6.45) is -0.263. The Labute approximate surface area is 128 Å². The van der Waals surface area contributed by atoms with Gasteiger partial charge in [-0.3, -0.25) is 0 Å². The first kappa shape index (κ1) is 14.0. The van der Waals surface area contributed by atoms with Crippen LogP contribution >= 0.6 is 27.5 Å². The Morgan fingerprint density at radius 2 is 1.75 bits per heavy atom. The van der Waals surface area contributed by atoms with Gasteiger partial charge in [-0.25, -0.2) is 8.78 Å². The van der Waals surface area contributed by atoms with Crippen LogP contribution in [0.15, 0.2) is 42.5 Å². The predicted octanol–water partition coefficient (Wildman–Crippen LogP) is 4.98. The highest BCUT2D eigenvalue weighted by molar-refractivity contribution is 9.09. The fourth-order valence-electron chi connectivity index (χ4n) is 2.34. The van der Waals surface area contributed by atoms with E-state index in [1.165, 1.54) is 24.3 Å². The van der Waals surface area contributed by atoms with Crippen molar-refractivity contribution in [3.8, 4) is 0 Å². The molecule has 2 aromatic carbocycles. The second-order valence-electron chi connectivity index (χ2n) is 4.69. The SMILES string of the molecule is Fc1ccc(C2(CBr)OC2c2ccc(F)cc2Cl)cc1.